The summed E-state index contributed by atoms with van der Waals surface area (Å²) >= 11 is 0. The van der Waals surface area contributed by atoms with Crippen LogP contribution in [0.4, 0.5) is 13.6 Å². The second-order valence-corrected chi connectivity index (χ2v) is 4.24. The average molecular weight is 294 g/mol. The molecular weight excluding hydrogens is 278 g/mol. The molecule has 1 aliphatic rings. The molecule has 0 radical (unpaired) electrons. The molecule has 112 valence electrons. The van der Waals surface area contributed by atoms with Gasteiger partial charge in [-0.25, -0.2) is 13.6 Å². The number of rotatable bonds is 4. The second kappa shape index (κ2) is 7.90. The van der Waals surface area contributed by atoms with Gasteiger partial charge in [0.05, 0.1) is 13.4 Å². The lowest BCUT2D eigenvalue weighted by atomic mass is 10.2. The Morgan fingerprint density at radius 2 is 2.24 bits per heavy atom. The first-order valence-corrected chi connectivity index (χ1v) is 6.07. The van der Waals surface area contributed by atoms with Gasteiger partial charge in [-0.1, -0.05) is 18.4 Å². The highest BCUT2D eigenvalue weighted by Gasteiger charge is 2.21. The quantitative estimate of drug-likeness (QED) is 0.475. The first-order chi connectivity index (χ1) is 9.96. The third-order valence-corrected chi connectivity index (χ3v) is 2.41. The van der Waals surface area contributed by atoms with Crippen LogP contribution < -0.4 is 10.6 Å². The number of halogens is 2. The smallest absolute Gasteiger partial charge is 0.320 e. The number of amides is 2. The topological polar surface area (TPSA) is 50.4 Å². The maximum absolute atomic E-state index is 13.6. The molecule has 1 heterocycles. The van der Waals surface area contributed by atoms with E-state index < -0.39 is 18.5 Å². The lowest BCUT2D eigenvalue weighted by Crippen LogP contribution is -2.24. The van der Waals surface area contributed by atoms with E-state index in [9.17, 15) is 13.6 Å². The Hall–Kier alpha value is -2.55. The van der Waals surface area contributed by atoms with E-state index >= 15 is 0 Å². The number of hydrogen-bond donors (Lipinski definition) is 2. The van der Waals surface area contributed by atoms with E-state index in [4.69, 9.17) is 0 Å². The highest BCUT2D eigenvalue weighted by Crippen LogP contribution is 2.09. The van der Waals surface area contributed by atoms with E-state index in [1.54, 1.807) is 6.92 Å². The van der Waals surface area contributed by atoms with Gasteiger partial charge in [0.2, 0.25) is 0 Å². The van der Waals surface area contributed by atoms with Crippen LogP contribution >= 0.6 is 0 Å². The summed E-state index contributed by atoms with van der Waals surface area (Å²) in [5, 5.41) is 5.00. The molecule has 0 aromatic heterocycles. The number of carbonyl (C=O) groups is 1. The Morgan fingerprint density at radius 1 is 1.52 bits per heavy atom. The van der Waals surface area contributed by atoms with E-state index in [0.717, 1.165) is 12.3 Å². The highest BCUT2D eigenvalue weighted by atomic mass is 19.1. The SMILES string of the molecule is C=C1NC(=O)NC1C#C/C(C)=C/C(F)=C\C(=C\OC)CF. The lowest BCUT2D eigenvalue weighted by Gasteiger charge is -1.99. The molecule has 0 aromatic rings. The van der Waals surface area contributed by atoms with Crippen LogP contribution in [-0.4, -0.2) is 25.9 Å². The molecule has 1 fully saturated rings. The van der Waals surface area contributed by atoms with Gasteiger partial charge in [-0.15, -0.1) is 0 Å². The molecule has 1 atom stereocenters. The van der Waals surface area contributed by atoms with Gasteiger partial charge in [-0.3, -0.25) is 0 Å². The predicted molar refractivity (Wildman–Crippen MR) is 76.4 cm³/mol. The van der Waals surface area contributed by atoms with Crippen molar-refractivity contribution in [1.82, 2.24) is 10.6 Å². The fraction of sp³-hybridized carbons (Fsp3) is 0.267. The van der Waals surface area contributed by atoms with Crippen LogP contribution in [0.3, 0.4) is 0 Å². The highest BCUT2D eigenvalue weighted by molar-refractivity contribution is 5.81. The number of ether oxygens (including phenoxy) is 1. The molecule has 1 aliphatic heterocycles. The van der Waals surface area contributed by atoms with E-state index in [-0.39, 0.29) is 11.6 Å². The summed E-state index contributed by atoms with van der Waals surface area (Å²) in [6.45, 7) is 4.40. The van der Waals surface area contributed by atoms with Crippen LogP contribution in [0, 0.1) is 11.8 Å². The number of allylic oxidation sites excluding steroid dienone is 5. The van der Waals surface area contributed by atoms with Gasteiger partial charge < -0.3 is 15.4 Å². The molecule has 6 heteroatoms. The Kier molecular flexibility index (Phi) is 6.21. The van der Waals surface area contributed by atoms with E-state index in [1.807, 2.05) is 0 Å². The number of carbonyl (C=O) groups excluding carboxylic acids is 1. The van der Waals surface area contributed by atoms with Gasteiger partial charge in [-0.05, 0) is 19.1 Å². The third kappa shape index (κ3) is 5.53. The minimum atomic E-state index is -0.834. The number of nitrogens with one attached hydrogen (secondary N) is 2. The van der Waals surface area contributed by atoms with Gasteiger partial charge in [0.15, 0.2) is 0 Å². The van der Waals surface area contributed by atoms with Crippen LogP contribution in [0.5, 0.6) is 0 Å². The molecule has 1 unspecified atom stereocenters. The molecule has 0 bridgehead atoms. The zero-order valence-corrected chi connectivity index (χ0v) is 11.8. The molecule has 2 N–H and O–H groups in total. The minimum Gasteiger partial charge on any atom is -0.504 e. The van der Waals surface area contributed by atoms with Crippen LogP contribution in [0.25, 0.3) is 0 Å². The van der Waals surface area contributed by atoms with Crippen LogP contribution in [0.2, 0.25) is 0 Å². The number of alkyl halides is 1. The van der Waals surface area contributed by atoms with Crippen molar-refractivity contribution in [3.05, 3.63) is 47.7 Å². The van der Waals surface area contributed by atoms with E-state index in [0.29, 0.717) is 11.3 Å². The summed E-state index contributed by atoms with van der Waals surface area (Å²) in [4.78, 5) is 11.0. The van der Waals surface area contributed by atoms with Gasteiger partial charge in [0, 0.05) is 16.8 Å². The maximum Gasteiger partial charge on any atom is 0.320 e. The van der Waals surface area contributed by atoms with Crippen molar-refractivity contribution in [1.29, 1.82) is 0 Å². The lowest BCUT2D eigenvalue weighted by molar-refractivity contribution is 0.248. The maximum atomic E-state index is 13.6. The summed E-state index contributed by atoms with van der Waals surface area (Å²) in [6, 6.07) is -0.882. The summed E-state index contributed by atoms with van der Waals surface area (Å²) in [7, 11) is 1.35. The van der Waals surface area contributed by atoms with Crippen LogP contribution in [0.15, 0.2) is 47.7 Å². The minimum absolute atomic E-state index is 0.0765. The molecule has 0 spiro atoms. The molecule has 1 rings (SSSR count). The molecule has 0 aliphatic carbocycles. The van der Waals surface area contributed by atoms with Gasteiger partial charge >= 0.3 is 6.03 Å². The van der Waals surface area contributed by atoms with Gasteiger partial charge in [0.1, 0.15) is 18.5 Å². The number of methoxy groups -OCH3 is 1. The molecule has 0 aromatic carbocycles. The predicted octanol–water partition coefficient (Wildman–Crippen LogP) is 2.48. The van der Waals surface area contributed by atoms with Crippen molar-refractivity contribution in [2.24, 2.45) is 0 Å². The summed E-state index contributed by atoms with van der Waals surface area (Å²) in [5.41, 5.74) is 0.944. The second-order valence-electron chi connectivity index (χ2n) is 4.24. The first-order valence-electron chi connectivity index (χ1n) is 6.07. The molecule has 2 amide bonds. The molecule has 1 saturated heterocycles. The van der Waals surface area contributed by atoms with Gasteiger partial charge in [-0.2, -0.15) is 0 Å². The molecule has 21 heavy (non-hydrogen) atoms. The number of hydrogen-bond acceptors (Lipinski definition) is 2. The fourth-order valence-corrected chi connectivity index (χ4v) is 1.50. The van der Waals surface area contributed by atoms with Crippen molar-refractivity contribution in [2.75, 3.05) is 13.8 Å². The molecule has 0 saturated carbocycles. The average Bonchev–Trinajstić information content (AvgIpc) is 2.74. The largest absolute Gasteiger partial charge is 0.504 e. The Balaban J connectivity index is 2.77. The van der Waals surface area contributed by atoms with E-state index in [1.165, 1.54) is 13.2 Å². The van der Waals surface area contributed by atoms with Crippen LogP contribution in [0.1, 0.15) is 6.92 Å². The molecular formula is C15H16F2N2O2. The summed E-state index contributed by atoms with van der Waals surface area (Å²) in [5.74, 6) is 4.80. The monoisotopic (exact) mass is 294 g/mol. The van der Waals surface area contributed by atoms with E-state index in [2.05, 4.69) is 33.8 Å². The van der Waals surface area contributed by atoms with Crippen molar-refractivity contribution < 1.29 is 18.3 Å². The Morgan fingerprint density at radius 3 is 2.76 bits per heavy atom. The normalized spacial score (nSPS) is 19.6. The fourth-order valence-electron chi connectivity index (χ4n) is 1.50. The van der Waals surface area contributed by atoms with Crippen molar-refractivity contribution in [2.45, 2.75) is 13.0 Å². The third-order valence-electron chi connectivity index (χ3n) is 2.41. The summed E-state index contributed by atoms with van der Waals surface area (Å²) in [6.07, 6.45) is 3.31. The molecule has 4 nitrogen and oxygen atoms in total. The standard InChI is InChI=1S/C15H16F2N2O2/c1-10(4-5-14-11(2)18-15(20)19-14)6-13(17)7-12(8-16)9-21-3/h6-7,9,14H,2,8H2,1,3H3,(H2,18,19,20)/b10-6+,12-9-,13-7+. The van der Waals surface area contributed by atoms with Gasteiger partial charge in [0.25, 0.3) is 0 Å². The first kappa shape index (κ1) is 16.5. The zero-order chi connectivity index (χ0) is 15.8. The Bertz CT molecular complexity index is 580. The van der Waals surface area contributed by atoms with Crippen molar-refractivity contribution >= 4 is 6.03 Å². The van der Waals surface area contributed by atoms with Crippen LogP contribution in [-0.2, 0) is 4.74 Å². The summed E-state index contributed by atoms with van der Waals surface area (Å²) < 4.78 is 30.7. The Labute approximate surface area is 122 Å². The van der Waals surface area contributed by atoms with Crippen molar-refractivity contribution in [3.8, 4) is 11.8 Å². The number of urea groups is 1. The van der Waals surface area contributed by atoms with Crippen molar-refractivity contribution in [3.63, 3.8) is 0 Å². The zero-order valence-electron chi connectivity index (χ0n) is 11.8.